The molecule has 6 heteroatoms. The van der Waals surface area contributed by atoms with Crippen molar-refractivity contribution in [2.75, 3.05) is 20.2 Å². The zero-order valence-electron chi connectivity index (χ0n) is 12.7. The number of methoxy groups -OCH3 is 1. The van der Waals surface area contributed by atoms with Gasteiger partial charge in [0, 0.05) is 18.7 Å². The highest BCUT2D eigenvalue weighted by Gasteiger charge is 2.25. The second kappa shape index (κ2) is 6.60. The summed E-state index contributed by atoms with van der Waals surface area (Å²) in [5.41, 5.74) is 0.936. The van der Waals surface area contributed by atoms with Gasteiger partial charge in [-0.1, -0.05) is 18.2 Å². The molecule has 2 aromatic rings. The van der Waals surface area contributed by atoms with Gasteiger partial charge in [0.15, 0.2) is 0 Å². The summed E-state index contributed by atoms with van der Waals surface area (Å²) in [6.07, 6.45) is 5.56. The number of hydrogen-bond donors (Lipinski definition) is 0. The minimum atomic E-state index is 0.149. The first-order valence-corrected chi connectivity index (χ1v) is 7.53. The van der Waals surface area contributed by atoms with Gasteiger partial charge in [-0.2, -0.15) is 15.0 Å². The van der Waals surface area contributed by atoms with Crippen molar-refractivity contribution in [3.63, 3.8) is 0 Å². The second-order valence-corrected chi connectivity index (χ2v) is 5.45. The lowest BCUT2D eigenvalue weighted by Gasteiger charge is -2.31. The molecule has 1 aliphatic heterocycles. The molecule has 0 spiro atoms. The summed E-state index contributed by atoms with van der Waals surface area (Å²) in [7, 11) is 1.63. The molecule has 1 aliphatic rings. The molecule has 1 saturated heterocycles. The van der Waals surface area contributed by atoms with Crippen molar-refractivity contribution in [3.8, 4) is 5.75 Å². The number of ether oxygens (including phenoxy) is 1. The lowest BCUT2D eigenvalue weighted by atomic mass is 10.0. The molecule has 0 saturated carbocycles. The van der Waals surface area contributed by atoms with Crippen LogP contribution in [0.1, 0.15) is 24.4 Å². The van der Waals surface area contributed by atoms with Crippen LogP contribution < -0.4 is 4.74 Å². The minimum absolute atomic E-state index is 0.149. The van der Waals surface area contributed by atoms with Gasteiger partial charge >= 0.3 is 0 Å². The predicted molar refractivity (Wildman–Crippen MR) is 81.6 cm³/mol. The Morgan fingerprint density at radius 3 is 2.59 bits per heavy atom. The molecule has 1 aromatic heterocycles. The van der Waals surface area contributed by atoms with Crippen LogP contribution in [0.3, 0.4) is 0 Å². The smallest absolute Gasteiger partial charge is 0.227 e. The fourth-order valence-corrected chi connectivity index (χ4v) is 2.88. The Morgan fingerprint density at radius 2 is 1.91 bits per heavy atom. The summed E-state index contributed by atoms with van der Waals surface area (Å²) in [5.74, 6) is 0.919. The number of para-hydroxylation sites is 1. The highest BCUT2D eigenvalue weighted by atomic mass is 16.5. The van der Waals surface area contributed by atoms with Crippen molar-refractivity contribution in [1.82, 2.24) is 19.9 Å². The van der Waals surface area contributed by atoms with Crippen molar-refractivity contribution in [1.29, 1.82) is 0 Å². The van der Waals surface area contributed by atoms with Crippen LogP contribution in [0.5, 0.6) is 5.75 Å². The number of hydrogen-bond acceptors (Lipinski definition) is 4. The molecule has 22 heavy (non-hydrogen) atoms. The third-order valence-corrected chi connectivity index (χ3v) is 4.11. The molecule has 0 unspecified atom stereocenters. The summed E-state index contributed by atoms with van der Waals surface area (Å²) in [6, 6.07) is 7.97. The van der Waals surface area contributed by atoms with Gasteiger partial charge < -0.3 is 9.64 Å². The SMILES string of the molecule is COc1ccccc1CC(=O)N1CCC(n2nccn2)CC1. The molecule has 0 N–H and O–H groups in total. The molecule has 1 fully saturated rings. The molecule has 0 aliphatic carbocycles. The van der Waals surface area contributed by atoms with Gasteiger partial charge in [0.1, 0.15) is 5.75 Å². The average Bonchev–Trinajstić information content (AvgIpc) is 3.10. The van der Waals surface area contributed by atoms with Gasteiger partial charge in [0.05, 0.1) is 32.0 Å². The molecule has 0 bridgehead atoms. The van der Waals surface area contributed by atoms with Crippen LogP contribution in [0.4, 0.5) is 0 Å². The normalized spacial score (nSPS) is 15.8. The van der Waals surface area contributed by atoms with Crippen LogP contribution in [0.25, 0.3) is 0 Å². The van der Waals surface area contributed by atoms with Crippen molar-refractivity contribution >= 4 is 5.91 Å². The monoisotopic (exact) mass is 300 g/mol. The van der Waals surface area contributed by atoms with Gasteiger partial charge in [-0.25, -0.2) is 0 Å². The Kier molecular flexibility index (Phi) is 4.37. The lowest BCUT2D eigenvalue weighted by Crippen LogP contribution is -2.40. The van der Waals surface area contributed by atoms with E-state index in [0.717, 1.165) is 37.2 Å². The first-order chi connectivity index (χ1) is 10.8. The maximum atomic E-state index is 12.5. The highest BCUT2D eigenvalue weighted by molar-refractivity contribution is 5.79. The predicted octanol–water partition coefficient (Wildman–Crippen LogP) is 1.69. The quantitative estimate of drug-likeness (QED) is 0.862. The van der Waals surface area contributed by atoms with Crippen molar-refractivity contribution in [2.45, 2.75) is 25.3 Å². The average molecular weight is 300 g/mol. The van der Waals surface area contributed by atoms with E-state index in [2.05, 4.69) is 10.2 Å². The van der Waals surface area contributed by atoms with Crippen LogP contribution in [0.15, 0.2) is 36.7 Å². The van der Waals surface area contributed by atoms with E-state index in [-0.39, 0.29) is 5.91 Å². The van der Waals surface area contributed by atoms with E-state index >= 15 is 0 Å². The zero-order chi connectivity index (χ0) is 15.4. The lowest BCUT2D eigenvalue weighted by molar-refractivity contribution is -0.131. The van der Waals surface area contributed by atoms with E-state index in [9.17, 15) is 4.79 Å². The topological polar surface area (TPSA) is 60.2 Å². The van der Waals surface area contributed by atoms with Crippen molar-refractivity contribution in [3.05, 3.63) is 42.2 Å². The van der Waals surface area contributed by atoms with Crippen LogP contribution >= 0.6 is 0 Å². The number of carbonyl (C=O) groups is 1. The number of piperidine rings is 1. The second-order valence-electron chi connectivity index (χ2n) is 5.45. The van der Waals surface area contributed by atoms with Gasteiger partial charge in [-0.3, -0.25) is 4.79 Å². The van der Waals surface area contributed by atoms with Crippen LogP contribution in [0, 0.1) is 0 Å². The molecular weight excluding hydrogens is 280 g/mol. The van der Waals surface area contributed by atoms with E-state index in [1.54, 1.807) is 24.3 Å². The Bertz CT molecular complexity index is 619. The number of benzene rings is 1. The third-order valence-electron chi connectivity index (χ3n) is 4.11. The number of likely N-dealkylation sites (tertiary alicyclic amines) is 1. The molecule has 3 rings (SSSR count). The van der Waals surface area contributed by atoms with E-state index in [1.165, 1.54) is 0 Å². The van der Waals surface area contributed by atoms with Gasteiger partial charge in [-0.15, -0.1) is 0 Å². The van der Waals surface area contributed by atoms with E-state index in [0.29, 0.717) is 12.5 Å². The molecular formula is C16H20N4O2. The molecule has 116 valence electrons. The van der Waals surface area contributed by atoms with Gasteiger partial charge in [-0.05, 0) is 18.9 Å². The number of amides is 1. The maximum Gasteiger partial charge on any atom is 0.227 e. The summed E-state index contributed by atoms with van der Waals surface area (Å²) in [6.45, 7) is 1.50. The number of aromatic nitrogens is 3. The summed E-state index contributed by atoms with van der Waals surface area (Å²) >= 11 is 0. The molecule has 2 heterocycles. The maximum absolute atomic E-state index is 12.5. The highest BCUT2D eigenvalue weighted by Crippen LogP contribution is 2.23. The Balaban J connectivity index is 1.58. The molecule has 1 aromatic carbocycles. The minimum Gasteiger partial charge on any atom is -0.496 e. The number of carbonyl (C=O) groups excluding carboxylic acids is 1. The van der Waals surface area contributed by atoms with Crippen LogP contribution in [-0.4, -0.2) is 46.0 Å². The summed E-state index contributed by atoms with van der Waals surface area (Å²) in [5, 5.41) is 8.37. The third kappa shape index (κ3) is 3.10. The first-order valence-electron chi connectivity index (χ1n) is 7.53. The summed E-state index contributed by atoms with van der Waals surface area (Å²) < 4.78 is 5.31. The molecule has 0 radical (unpaired) electrons. The molecule has 6 nitrogen and oxygen atoms in total. The van der Waals surface area contributed by atoms with Crippen molar-refractivity contribution < 1.29 is 9.53 Å². The standard InChI is InChI=1S/C16H20N4O2/c1-22-15-5-3-2-4-13(15)12-16(21)19-10-6-14(7-11-19)20-17-8-9-18-20/h2-5,8-9,14H,6-7,10-12H2,1H3. The van der Waals surface area contributed by atoms with E-state index in [4.69, 9.17) is 4.74 Å². The summed E-state index contributed by atoms with van der Waals surface area (Å²) in [4.78, 5) is 16.1. The number of rotatable bonds is 4. The van der Waals surface area contributed by atoms with E-state index < -0.39 is 0 Å². The first kappa shape index (κ1) is 14.6. The van der Waals surface area contributed by atoms with Crippen LogP contribution in [-0.2, 0) is 11.2 Å². The van der Waals surface area contributed by atoms with Crippen LogP contribution in [0.2, 0.25) is 0 Å². The van der Waals surface area contributed by atoms with E-state index in [1.807, 2.05) is 29.2 Å². The Morgan fingerprint density at radius 1 is 1.23 bits per heavy atom. The Hall–Kier alpha value is -2.37. The fraction of sp³-hybridized carbons (Fsp3) is 0.438. The van der Waals surface area contributed by atoms with Crippen molar-refractivity contribution in [2.24, 2.45) is 0 Å². The zero-order valence-corrected chi connectivity index (χ0v) is 12.7. The Labute approximate surface area is 129 Å². The molecule has 1 amide bonds. The molecule has 0 atom stereocenters. The number of nitrogens with zero attached hydrogens (tertiary/aromatic N) is 4. The van der Waals surface area contributed by atoms with Gasteiger partial charge in [0.25, 0.3) is 0 Å². The van der Waals surface area contributed by atoms with Gasteiger partial charge in [0.2, 0.25) is 5.91 Å². The largest absolute Gasteiger partial charge is 0.496 e. The fourth-order valence-electron chi connectivity index (χ4n) is 2.88.